The van der Waals surface area contributed by atoms with Crippen LogP contribution in [0.4, 0.5) is 5.69 Å². The quantitative estimate of drug-likeness (QED) is 0.422. The van der Waals surface area contributed by atoms with Crippen molar-refractivity contribution in [3.8, 4) is 17.0 Å². The summed E-state index contributed by atoms with van der Waals surface area (Å²) in [6, 6.07) is 15.6. The maximum absolute atomic E-state index is 13.2. The van der Waals surface area contributed by atoms with Gasteiger partial charge in [0.1, 0.15) is 18.1 Å². The molecule has 0 saturated heterocycles. The molecule has 0 radical (unpaired) electrons. The van der Waals surface area contributed by atoms with E-state index in [1.165, 1.54) is 6.07 Å². The number of carbonyl (C=O) groups is 1. The molecule has 0 aliphatic rings. The third kappa shape index (κ3) is 3.62. The molecule has 5 rings (SSSR count). The highest BCUT2D eigenvalue weighted by atomic mass is 16.3. The Hall–Kier alpha value is -4.46. The summed E-state index contributed by atoms with van der Waals surface area (Å²) in [7, 11) is 0. The average molecular weight is 411 g/mol. The maximum Gasteiger partial charge on any atom is 0.256 e. The smallest absolute Gasteiger partial charge is 0.256 e. The molecule has 2 N–H and O–H groups in total. The summed E-state index contributed by atoms with van der Waals surface area (Å²) in [6.45, 7) is 0.376. The van der Waals surface area contributed by atoms with Crippen molar-refractivity contribution in [1.82, 2.24) is 19.7 Å². The van der Waals surface area contributed by atoms with Crippen LogP contribution < -0.4 is 5.32 Å². The monoisotopic (exact) mass is 411 g/mol. The van der Waals surface area contributed by atoms with Gasteiger partial charge in [-0.1, -0.05) is 12.1 Å². The van der Waals surface area contributed by atoms with Crippen LogP contribution in [0.25, 0.3) is 22.3 Å². The molecule has 1 aromatic carbocycles. The van der Waals surface area contributed by atoms with Gasteiger partial charge < -0.3 is 14.8 Å². The molecule has 8 nitrogen and oxygen atoms in total. The lowest BCUT2D eigenvalue weighted by Crippen LogP contribution is -2.13. The van der Waals surface area contributed by atoms with Crippen molar-refractivity contribution in [2.24, 2.45) is 0 Å². The Bertz CT molecular complexity index is 1360. The molecule has 0 aliphatic carbocycles. The van der Waals surface area contributed by atoms with E-state index in [-0.39, 0.29) is 11.7 Å². The van der Waals surface area contributed by atoms with Gasteiger partial charge >= 0.3 is 0 Å². The summed E-state index contributed by atoms with van der Waals surface area (Å²) in [5.74, 6) is 0.331. The number of carbonyl (C=O) groups excluding carboxylic acids is 1. The molecule has 0 aliphatic heterocycles. The van der Waals surface area contributed by atoms with E-state index in [1.54, 1.807) is 59.9 Å². The molecule has 0 spiro atoms. The number of phenolic OH excluding ortho intramolecular Hbond substituents is 1. The van der Waals surface area contributed by atoms with Crippen LogP contribution in [-0.4, -0.2) is 30.8 Å². The summed E-state index contributed by atoms with van der Waals surface area (Å²) < 4.78 is 7.12. The number of aromatic hydroxyl groups is 1. The second kappa shape index (κ2) is 7.75. The fourth-order valence-electron chi connectivity index (χ4n) is 3.33. The van der Waals surface area contributed by atoms with Gasteiger partial charge in [0, 0.05) is 18.0 Å². The zero-order chi connectivity index (χ0) is 21.2. The van der Waals surface area contributed by atoms with E-state index in [0.29, 0.717) is 34.5 Å². The number of amides is 1. The Morgan fingerprint density at radius 2 is 2.00 bits per heavy atom. The van der Waals surface area contributed by atoms with Crippen molar-refractivity contribution in [3.05, 3.63) is 90.8 Å². The highest BCUT2D eigenvalue weighted by Gasteiger charge is 2.19. The SMILES string of the molecule is O=C(Nc1ccccc1O)c1cc(-c2cccnc2)nc2c1cnn2Cc1ccco1. The second-order valence-electron chi connectivity index (χ2n) is 6.89. The lowest BCUT2D eigenvalue weighted by Gasteiger charge is -2.10. The van der Waals surface area contributed by atoms with Crippen molar-refractivity contribution in [2.75, 3.05) is 5.32 Å². The van der Waals surface area contributed by atoms with E-state index >= 15 is 0 Å². The Morgan fingerprint density at radius 1 is 1.10 bits per heavy atom. The van der Waals surface area contributed by atoms with E-state index in [2.05, 4.69) is 15.4 Å². The minimum atomic E-state index is -0.378. The van der Waals surface area contributed by atoms with Gasteiger partial charge in [0.05, 0.1) is 34.8 Å². The third-order valence-electron chi connectivity index (χ3n) is 4.85. The van der Waals surface area contributed by atoms with Crippen molar-refractivity contribution in [1.29, 1.82) is 0 Å². The van der Waals surface area contributed by atoms with Crippen molar-refractivity contribution in [3.63, 3.8) is 0 Å². The van der Waals surface area contributed by atoms with Crippen molar-refractivity contribution in [2.45, 2.75) is 6.54 Å². The van der Waals surface area contributed by atoms with Crippen LogP contribution in [0.5, 0.6) is 5.75 Å². The maximum atomic E-state index is 13.2. The number of nitrogens with zero attached hydrogens (tertiary/aromatic N) is 4. The second-order valence-corrected chi connectivity index (χ2v) is 6.89. The summed E-state index contributed by atoms with van der Waals surface area (Å²) >= 11 is 0. The molecular formula is C23H17N5O3. The fraction of sp³-hybridized carbons (Fsp3) is 0.0435. The molecular weight excluding hydrogens is 394 g/mol. The number of furan rings is 1. The standard InChI is InChI=1S/C23H17N5O3/c29-21-8-2-1-7-19(21)27-23(30)17-11-20(15-5-3-9-24-12-15)26-22-18(17)13-25-28(22)14-16-6-4-10-31-16/h1-13,29H,14H2,(H,27,30). The predicted molar refractivity (Wildman–Crippen MR) is 115 cm³/mol. The highest BCUT2D eigenvalue weighted by Crippen LogP contribution is 2.27. The van der Waals surface area contributed by atoms with Crippen LogP contribution in [0.15, 0.2) is 83.9 Å². The first-order valence-electron chi connectivity index (χ1n) is 9.58. The molecule has 0 bridgehead atoms. The van der Waals surface area contributed by atoms with Gasteiger partial charge in [-0.2, -0.15) is 5.10 Å². The molecule has 31 heavy (non-hydrogen) atoms. The normalized spacial score (nSPS) is 11.0. The molecule has 8 heteroatoms. The summed E-state index contributed by atoms with van der Waals surface area (Å²) in [5, 5.41) is 17.8. The number of aromatic nitrogens is 4. The summed E-state index contributed by atoms with van der Waals surface area (Å²) in [4.78, 5) is 22.1. The number of pyridine rings is 2. The van der Waals surface area contributed by atoms with Gasteiger partial charge in [-0.05, 0) is 42.5 Å². The number of para-hydroxylation sites is 2. The number of hydrogen-bond acceptors (Lipinski definition) is 6. The fourth-order valence-corrected chi connectivity index (χ4v) is 3.33. The topological polar surface area (TPSA) is 106 Å². The molecule has 0 fully saturated rings. The van der Waals surface area contributed by atoms with Gasteiger partial charge in [0.25, 0.3) is 5.91 Å². The summed E-state index contributed by atoms with van der Waals surface area (Å²) in [5.41, 5.74) is 2.61. The van der Waals surface area contributed by atoms with E-state index in [0.717, 1.165) is 11.3 Å². The molecule has 4 heterocycles. The number of fused-ring (bicyclic) bond motifs is 1. The van der Waals surface area contributed by atoms with Gasteiger partial charge in [-0.25, -0.2) is 9.67 Å². The number of benzene rings is 1. The van der Waals surface area contributed by atoms with Gasteiger partial charge in [-0.3, -0.25) is 9.78 Å². The molecule has 0 saturated carbocycles. The lowest BCUT2D eigenvalue weighted by atomic mass is 10.1. The predicted octanol–water partition coefficient (Wildman–Crippen LogP) is 4.09. The number of hydrogen-bond donors (Lipinski definition) is 2. The third-order valence-corrected chi connectivity index (χ3v) is 4.85. The van der Waals surface area contributed by atoms with E-state index in [1.807, 2.05) is 18.2 Å². The number of rotatable bonds is 5. The van der Waals surface area contributed by atoms with Gasteiger partial charge in [0.2, 0.25) is 0 Å². The number of anilines is 1. The van der Waals surface area contributed by atoms with Crippen LogP contribution in [0.1, 0.15) is 16.1 Å². The molecule has 152 valence electrons. The number of phenols is 1. The van der Waals surface area contributed by atoms with E-state index in [9.17, 15) is 9.90 Å². The Labute approximate surface area is 176 Å². The lowest BCUT2D eigenvalue weighted by molar-refractivity contribution is 0.102. The highest BCUT2D eigenvalue weighted by molar-refractivity contribution is 6.13. The zero-order valence-electron chi connectivity index (χ0n) is 16.3. The molecule has 5 aromatic rings. The first-order valence-corrected chi connectivity index (χ1v) is 9.58. The average Bonchev–Trinajstić information content (AvgIpc) is 3.46. The minimum absolute atomic E-state index is 0.0119. The summed E-state index contributed by atoms with van der Waals surface area (Å²) in [6.07, 6.45) is 6.57. The first-order chi connectivity index (χ1) is 15.2. The van der Waals surface area contributed by atoms with E-state index in [4.69, 9.17) is 9.40 Å². The Morgan fingerprint density at radius 3 is 2.77 bits per heavy atom. The van der Waals surface area contributed by atoms with Gasteiger partial charge in [0.15, 0.2) is 5.65 Å². The van der Waals surface area contributed by atoms with Crippen molar-refractivity contribution < 1.29 is 14.3 Å². The first kappa shape index (κ1) is 18.6. The van der Waals surface area contributed by atoms with Crippen LogP contribution in [-0.2, 0) is 6.54 Å². The number of nitrogens with one attached hydrogen (secondary N) is 1. The molecule has 4 aromatic heterocycles. The van der Waals surface area contributed by atoms with Crippen LogP contribution >= 0.6 is 0 Å². The minimum Gasteiger partial charge on any atom is -0.506 e. The Kier molecular flexibility index (Phi) is 4.64. The molecule has 1 amide bonds. The molecule has 0 atom stereocenters. The zero-order valence-corrected chi connectivity index (χ0v) is 16.3. The molecule has 0 unspecified atom stereocenters. The largest absolute Gasteiger partial charge is 0.506 e. The van der Waals surface area contributed by atoms with E-state index < -0.39 is 0 Å². The van der Waals surface area contributed by atoms with Gasteiger partial charge in [-0.15, -0.1) is 0 Å². The van der Waals surface area contributed by atoms with Crippen LogP contribution in [0.3, 0.4) is 0 Å². The Balaban J connectivity index is 1.63. The van der Waals surface area contributed by atoms with Crippen LogP contribution in [0, 0.1) is 0 Å². The van der Waals surface area contributed by atoms with Crippen LogP contribution in [0.2, 0.25) is 0 Å². The van der Waals surface area contributed by atoms with Crippen molar-refractivity contribution >= 4 is 22.6 Å².